The van der Waals surface area contributed by atoms with E-state index in [1.54, 1.807) is 30.5 Å². The summed E-state index contributed by atoms with van der Waals surface area (Å²) in [6.45, 7) is 3.47. The lowest BCUT2D eigenvalue weighted by atomic mass is 10.0. The smallest absolute Gasteiger partial charge is 0.251 e. The molecule has 2 aliphatic rings. The van der Waals surface area contributed by atoms with Crippen molar-refractivity contribution in [3.8, 4) is 0 Å². The van der Waals surface area contributed by atoms with Gasteiger partial charge in [-0.15, -0.1) is 0 Å². The van der Waals surface area contributed by atoms with Gasteiger partial charge in [-0.2, -0.15) is 0 Å². The minimum atomic E-state index is -1.41. The fraction of sp³-hybridized carbons (Fsp3) is 0.440. The molecular weight excluding hydrogens is 439 g/mol. The summed E-state index contributed by atoms with van der Waals surface area (Å²) in [4.78, 5) is 43.9. The number of aromatic nitrogens is 2. The number of imidazole rings is 1. The van der Waals surface area contributed by atoms with Gasteiger partial charge in [0, 0.05) is 25.0 Å². The molecule has 0 saturated carbocycles. The third kappa shape index (κ3) is 4.94. The molecule has 4 atom stereocenters. The summed E-state index contributed by atoms with van der Waals surface area (Å²) in [5, 5.41) is 2.80. The first kappa shape index (κ1) is 23.8. The van der Waals surface area contributed by atoms with E-state index in [1.165, 1.54) is 4.90 Å². The largest absolute Gasteiger partial charge is 0.365 e. The fourth-order valence-corrected chi connectivity index (χ4v) is 4.41. The highest BCUT2D eigenvalue weighted by atomic mass is 19.1. The number of hydrogen-bond donors (Lipinski definition) is 1. The van der Waals surface area contributed by atoms with Crippen molar-refractivity contribution in [2.75, 3.05) is 13.2 Å². The summed E-state index contributed by atoms with van der Waals surface area (Å²) in [6, 6.07) is 5.19. The van der Waals surface area contributed by atoms with Crippen LogP contribution in [0, 0.1) is 5.92 Å². The highest BCUT2D eigenvalue weighted by Crippen LogP contribution is 2.30. The maximum absolute atomic E-state index is 14.4. The number of alkyl halides is 1. The van der Waals surface area contributed by atoms with Gasteiger partial charge in [0.2, 0.25) is 5.91 Å². The molecule has 4 rings (SSSR count). The number of amides is 2. The molecule has 180 valence electrons. The summed E-state index contributed by atoms with van der Waals surface area (Å²) >= 11 is 0. The number of nitrogens with one attached hydrogen (secondary N) is 1. The molecular formula is C25H29FN4O4. The standard InChI is InChI=1S/C25H29FN4O4/c1-15(2)12-19(25(33)30-13-18(26)23-22(30)20(31)14-34-23)28-24(32)17-7-4-16(5-8-17)6-9-21-27-10-11-29(21)3/h4-11,15,18-19,22-23H,12-14H2,1-3H3,(H,28,32)/t18-,19-,22+,23+/m0/s1. The van der Waals surface area contributed by atoms with Crippen molar-refractivity contribution in [2.45, 2.75) is 44.6 Å². The van der Waals surface area contributed by atoms with Crippen molar-refractivity contribution in [1.82, 2.24) is 19.8 Å². The van der Waals surface area contributed by atoms with Crippen LogP contribution < -0.4 is 5.32 Å². The van der Waals surface area contributed by atoms with Crippen LogP contribution in [0.1, 0.15) is 42.0 Å². The van der Waals surface area contributed by atoms with Crippen molar-refractivity contribution in [2.24, 2.45) is 13.0 Å². The second kappa shape index (κ2) is 9.89. The van der Waals surface area contributed by atoms with Gasteiger partial charge in [0.25, 0.3) is 5.91 Å². The lowest BCUT2D eigenvalue weighted by molar-refractivity contribution is -0.138. The Morgan fingerprint density at radius 3 is 2.65 bits per heavy atom. The van der Waals surface area contributed by atoms with E-state index in [2.05, 4.69) is 10.3 Å². The molecule has 1 aromatic heterocycles. The van der Waals surface area contributed by atoms with E-state index in [0.717, 1.165) is 11.4 Å². The molecule has 0 unspecified atom stereocenters. The number of ketones is 1. The average Bonchev–Trinajstić information content (AvgIpc) is 3.49. The molecule has 9 heteroatoms. The van der Waals surface area contributed by atoms with E-state index in [9.17, 15) is 18.8 Å². The predicted octanol–water partition coefficient (Wildman–Crippen LogP) is 2.25. The minimum Gasteiger partial charge on any atom is -0.365 e. The Hall–Kier alpha value is -3.33. The summed E-state index contributed by atoms with van der Waals surface area (Å²) in [6.07, 6.45) is 5.38. The van der Waals surface area contributed by atoms with E-state index in [0.29, 0.717) is 12.0 Å². The predicted molar refractivity (Wildman–Crippen MR) is 124 cm³/mol. The van der Waals surface area contributed by atoms with Crippen LogP contribution in [0.3, 0.4) is 0 Å². The van der Waals surface area contributed by atoms with Crippen molar-refractivity contribution in [3.63, 3.8) is 0 Å². The zero-order valence-corrected chi connectivity index (χ0v) is 19.5. The molecule has 2 amide bonds. The van der Waals surface area contributed by atoms with E-state index in [4.69, 9.17) is 4.74 Å². The first-order valence-corrected chi connectivity index (χ1v) is 11.4. The van der Waals surface area contributed by atoms with E-state index in [1.807, 2.05) is 43.8 Å². The number of fused-ring (bicyclic) bond motifs is 1. The number of aryl methyl sites for hydroxylation is 1. The molecule has 2 fully saturated rings. The number of hydrogen-bond acceptors (Lipinski definition) is 5. The van der Waals surface area contributed by atoms with Crippen LogP contribution in [0.4, 0.5) is 4.39 Å². The van der Waals surface area contributed by atoms with Crippen LogP contribution in [-0.2, 0) is 21.4 Å². The van der Waals surface area contributed by atoms with E-state index in [-0.39, 0.29) is 24.9 Å². The Bertz CT molecular complexity index is 1090. The number of ether oxygens (including phenoxy) is 1. The molecule has 2 saturated heterocycles. The fourth-order valence-electron chi connectivity index (χ4n) is 4.41. The van der Waals surface area contributed by atoms with Crippen LogP contribution in [-0.4, -0.2) is 69.6 Å². The van der Waals surface area contributed by atoms with Gasteiger partial charge >= 0.3 is 0 Å². The van der Waals surface area contributed by atoms with Crippen LogP contribution in [0.5, 0.6) is 0 Å². The Balaban J connectivity index is 1.45. The molecule has 0 spiro atoms. The zero-order chi connectivity index (χ0) is 24.4. The molecule has 1 N–H and O–H groups in total. The van der Waals surface area contributed by atoms with Crippen LogP contribution in [0.2, 0.25) is 0 Å². The highest BCUT2D eigenvalue weighted by Gasteiger charge is 2.53. The summed E-state index contributed by atoms with van der Waals surface area (Å²) < 4.78 is 21.5. The third-order valence-corrected chi connectivity index (χ3v) is 6.17. The van der Waals surface area contributed by atoms with Gasteiger partial charge in [-0.1, -0.05) is 32.1 Å². The first-order chi connectivity index (χ1) is 16.2. The van der Waals surface area contributed by atoms with Gasteiger partial charge in [0.15, 0.2) is 5.78 Å². The monoisotopic (exact) mass is 468 g/mol. The van der Waals surface area contributed by atoms with Gasteiger partial charge < -0.3 is 19.5 Å². The van der Waals surface area contributed by atoms with Crippen LogP contribution in [0.25, 0.3) is 12.2 Å². The normalized spacial score (nSPS) is 23.0. The molecule has 8 nitrogen and oxygen atoms in total. The number of rotatable bonds is 7. The topological polar surface area (TPSA) is 93.5 Å². The Labute approximate surface area is 197 Å². The number of halogens is 1. The molecule has 1 aromatic carbocycles. The summed E-state index contributed by atoms with van der Waals surface area (Å²) in [7, 11) is 1.90. The van der Waals surface area contributed by atoms with Gasteiger partial charge in [-0.25, -0.2) is 9.37 Å². The number of Topliss-reactive ketones (excluding diaryl/α,β-unsaturated/α-hetero) is 1. The average molecular weight is 469 g/mol. The van der Waals surface area contributed by atoms with Crippen LogP contribution in [0.15, 0.2) is 36.7 Å². The van der Waals surface area contributed by atoms with Gasteiger partial charge in [-0.3, -0.25) is 14.4 Å². The van der Waals surface area contributed by atoms with Gasteiger partial charge in [-0.05, 0) is 36.1 Å². The number of carbonyl (C=O) groups excluding carboxylic acids is 3. The lowest BCUT2D eigenvalue weighted by Gasteiger charge is -2.28. The lowest BCUT2D eigenvalue weighted by Crippen LogP contribution is -2.52. The molecule has 3 heterocycles. The van der Waals surface area contributed by atoms with Crippen molar-refractivity contribution < 1.29 is 23.5 Å². The molecule has 34 heavy (non-hydrogen) atoms. The summed E-state index contributed by atoms with van der Waals surface area (Å²) in [5.41, 5.74) is 1.30. The van der Waals surface area contributed by atoms with Crippen molar-refractivity contribution in [1.29, 1.82) is 0 Å². The number of nitrogens with zero attached hydrogens (tertiary/aromatic N) is 3. The second-order valence-electron chi connectivity index (χ2n) is 9.20. The van der Waals surface area contributed by atoms with E-state index < -0.39 is 36.2 Å². The molecule has 0 aliphatic carbocycles. The molecule has 0 bridgehead atoms. The SMILES string of the molecule is CC(C)C[C@H](NC(=O)c1ccc(C=Cc2nccn2C)cc1)C(=O)N1C[C@H](F)[C@H]2OCC(=O)[C@H]21. The van der Waals surface area contributed by atoms with Crippen LogP contribution >= 0.6 is 0 Å². The quantitative estimate of drug-likeness (QED) is 0.673. The molecule has 0 radical (unpaired) electrons. The third-order valence-electron chi connectivity index (χ3n) is 6.17. The zero-order valence-electron chi connectivity index (χ0n) is 19.5. The highest BCUT2D eigenvalue weighted by molar-refractivity contribution is 5.99. The second-order valence-corrected chi connectivity index (χ2v) is 9.20. The van der Waals surface area contributed by atoms with Crippen molar-refractivity contribution in [3.05, 3.63) is 53.6 Å². The maximum Gasteiger partial charge on any atom is 0.251 e. The first-order valence-electron chi connectivity index (χ1n) is 11.4. The maximum atomic E-state index is 14.4. The minimum absolute atomic E-state index is 0.1000. The number of benzene rings is 1. The summed E-state index contributed by atoms with van der Waals surface area (Å²) in [5.74, 6) is -0.251. The Kier molecular flexibility index (Phi) is 6.92. The number of carbonyl (C=O) groups is 3. The Morgan fingerprint density at radius 2 is 2.00 bits per heavy atom. The molecule has 2 aromatic rings. The van der Waals surface area contributed by atoms with Crippen molar-refractivity contribution >= 4 is 29.7 Å². The van der Waals surface area contributed by atoms with E-state index >= 15 is 0 Å². The Morgan fingerprint density at radius 1 is 1.26 bits per heavy atom. The molecule has 2 aliphatic heterocycles. The van der Waals surface area contributed by atoms with Gasteiger partial charge in [0.1, 0.15) is 36.8 Å². The number of likely N-dealkylation sites (tertiary alicyclic amines) is 1. The van der Waals surface area contributed by atoms with Gasteiger partial charge in [0.05, 0.1) is 6.54 Å².